The van der Waals surface area contributed by atoms with E-state index in [1.54, 1.807) is 33.8 Å². The van der Waals surface area contributed by atoms with Gasteiger partial charge in [-0.05, 0) is 62.9 Å². The second kappa shape index (κ2) is 6.63. The Morgan fingerprint density at radius 1 is 1.29 bits per heavy atom. The number of aliphatic carboxylic acids is 1. The van der Waals surface area contributed by atoms with Crippen LogP contribution in [-0.4, -0.2) is 40.8 Å². The molecule has 24 heavy (non-hydrogen) atoms. The molecule has 1 N–H and O–H groups in total. The lowest BCUT2D eigenvalue weighted by atomic mass is 9.90. The van der Waals surface area contributed by atoms with Gasteiger partial charge in [0.25, 0.3) is 0 Å². The molecule has 0 radical (unpaired) electrons. The Hall–Kier alpha value is -2.37. The topological polar surface area (TPSA) is 66.8 Å². The lowest BCUT2D eigenvalue weighted by molar-refractivity contribution is -0.132. The van der Waals surface area contributed by atoms with Crippen LogP contribution in [0.2, 0.25) is 0 Å². The summed E-state index contributed by atoms with van der Waals surface area (Å²) in [6.07, 6.45) is -0.149. The van der Waals surface area contributed by atoms with Crippen molar-refractivity contribution >= 4 is 17.6 Å². The number of carbonyl (C=O) groups is 2. The van der Waals surface area contributed by atoms with Gasteiger partial charge in [-0.3, -0.25) is 0 Å². The molecule has 0 aliphatic carbocycles. The largest absolute Gasteiger partial charge is 0.478 e. The molecular weight excluding hydrogens is 313 g/mol. The molecule has 0 fully saturated rings. The first kappa shape index (κ1) is 18.0. The molecule has 0 bridgehead atoms. The fraction of sp³-hybridized carbons (Fsp3) is 0.444. The van der Waals surface area contributed by atoms with Crippen LogP contribution in [0.5, 0.6) is 0 Å². The zero-order valence-corrected chi connectivity index (χ0v) is 14.4. The predicted molar refractivity (Wildman–Crippen MR) is 88.1 cm³/mol. The Kier molecular flexibility index (Phi) is 4.96. The molecular formula is C18H22FNO4. The highest BCUT2D eigenvalue weighted by molar-refractivity contribution is 5.98. The predicted octanol–water partition coefficient (Wildman–Crippen LogP) is 3.61. The SMILES string of the molecule is Cc1cc(F)ccc1C1=C(C(=O)O)CN(C(=O)OC(C)(C)C)CC1. The summed E-state index contributed by atoms with van der Waals surface area (Å²) in [5.74, 6) is -1.44. The lowest BCUT2D eigenvalue weighted by Gasteiger charge is -2.32. The fourth-order valence-corrected chi connectivity index (χ4v) is 2.70. The van der Waals surface area contributed by atoms with E-state index >= 15 is 0 Å². The van der Waals surface area contributed by atoms with E-state index in [4.69, 9.17) is 4.74 Å². The van der Waals surface area contributed by atoms with E-state index in [9.17, 15) is 19.1 Å². The maximum Gasteiger partial charge on any atom is 0.410 e. The zero-order chi connectivity index (χ0) is 18.1. The molecule has 6 heteroatoms. The highest BCUT2D eigenvalue weighted by Gasteiger charge is 2.30. The van der Waals surface area contributed by atoms with Gasteiger partial charge in [-0.25, -0.2) is 14.0 Å². The number of ether oxygens (including phenoxy) is 1. The molecule has 0 saturated carbocycles. The number of rotatable bonds is 2. The van der Waals surface area contributed by atoms with Gasteiger partial charge in [-0.15, -0.1) is 0 Å². The normalized spacial score (nSPS) is 15.5. The summed E-state index contributed by atoms with van der Waals surface area (Å²) in [4.78, 5) is 25.2. The summed E-state index contributed by atoms with van der Waals surface area (Å²) in [7, 11) is 0. The van der Waals surface area contributed by atoms with Gasteiger partial charge in [-0.2, -0.15) is 0 Å². The molecule has 1 aromatic carbocycles. The first-order valence-electron chi connectivity index (χ1n) is 7.78. The third kappa shape index (κ3) is 4.13. The Morgan fingerprint density at radius 3 is 2.50 bits per heavy atom. The van der Waals surface area contributed by atoms with E-state index in [0.717, 1.165) is 0 Å². The summed E-state index contributed by atoms with van der Waals surface area (Å²) >= 11 is 0. The minimum absolute atomic E-state index is 0.0314. The molecule has 0 saturated heterocycles. The zero-order valence-electron chi connectivity index (χ0n) is 14.4. The Labute approximate surface area is 140 Å². The quantitative estimate of drug-likeness (QED) is 0.896. The van der Waals surface area contributed by atoms with Gasteiger partial charge in [0.1, 0.15) is 11.4 Å². The minimum Gasteiger partial charge on any atom is -0.478 e. The number of carboxylic acids is 1. The number of carbonyl (C=O) groups excluding carboxylic acids is 1. The molecule has 5 nitrogen and oxygen atoms in total. The number of aryl methyl sites for hydroxylation is 1. The number of nitrogens with zero attached hydrogens (tertiary/aromatic N) is 1. The fourth-order valence-electron chi connectivity index (χ4n) is 2.70. The van der Waals surface area contributed by atoms with Gasteiger partial charge in [0.15, 0.2) is 0 Å². The van der Waals surface area contributed by atoms with Crippen molar-refractivity contribution in [3.8, 4) is 0 Å². The first-order chi connectivity index (χ1) is 11.1. The number of amides is 1. The molecule has 1 heterocycles. The van der Waals surface area contributed by atoms with Crippen LogP contribution < -0.4 is 0 Å². The van der Waals surface area contributed by atoms with Gasteiger partial charge in [0.2, 0.25) is 0 Å². The first-order valence-corrected chi connectivity index (χ1v) is 7.78. The third-order valence-electron chi connectivity index (χ3n) is 3.77. The van der Waals surface area contributed by atoms with Crippen LogP contribution in [0.1, 0.15) is 38.3 Å². The van der Waals surface area contributed by atoms with Crippen LogP contribution in [0.25, 0.3) is 5.57 Å². The van der Waals surface area contributed by atoms with Crippen molar-refractivity contribution in [3.05, 3.63) is 40.7 Å². The van der Waals surface area contributed by atoms with E-state index in [1.165, 1.54) is 17.0 Å². The van der Waals surface area contributed by atoms with Crippen LogP contribution in [-0.2, 0) is 9.53 Å². The van der Waals surface area contributed by atoms with Crippen molar-refractivity contribution < 1.29 is 23.8 Å². The summed E-state index contributed by atoms with van der Waals surface area (Å²) in [5.41, 5.74) is 1.52. The molecule has 1 aliphatic heterocycles. The maximum absolute atomic E-state index is 13.3. The maximum atomic E-state index is 13.3. The van der Waals surface area contributed by atoms with Crippen molar-refractivity contribution in [3.63, 3.8) is 0 Å². The van der Waals surface area contributed by atoms with E-state index < -0.39 is 17.7 Å². The molecule has 1 aromatic rings. The molecule has 1 amide bonds. The van der Waals surface area contributed by atoms with Crippen LogP contribution in [0.3, 0.4) is 0 Å². The van der Waals surface area contributed by atoms with Crippen molar-refractivity contribution in [1.82, 2.24) is 4.90 Å². The lowest BCUT2D eigenvalue weighted by Crippen LogP contribution is -2.41. The Morgan fingerprint density at radius 2 is 1.96 bits per heavy atom. The monoisotopic (exact) mass is 335 g/mol. The average Bonchev–Trinajstić information content (AvgIpc) is 2.45. The summed E-state index contributed by atoms with van der Waals surface area (Å²) < 4.78 is 18.6. The molecule has 0 aromatic heterocycles. The molecule has 0 spiro atoms. The molecule has 0 atom stereocenters. The second-order valence-corrected chi connectivity index (χ2v) is 6.87. The van der Waals surface area contributed by atoms with Gasteiger partial charge < -0.3 is 14.7 Å². The van der Waals surface area contributed by atoms with Crippen molar-refractivity contribution in [2.24, 2.45) is 0 Å². The number of carboxylic acid groups (broad SMARTS) is 1. The van der Waals surface area contributed by atoms with E-state index in [1.807, 2.05) is 0 Å². The van der Waals surface area contributed by atoms with Crippen LogP contribution in [0.15, 0.2) is 23.8 Å². The Bertz CT molecular complexity index is 703. The number of benzene rings is 1. The molecule has 1 aliphatic rings. The number of hydrogen-bond donors (Lipinski definition) is 1. The van der Waals surface area contributed by atoms with Gasteiger partial charge in [-0.1, -0.05) is 6.07 Å². The highest BCUT2D eigenvalue weighted by Crippen LogP contribution is 2.30. The van der Waals surface area contributed by atoms with E-state index in [0.29, 0.717) is 29.7 Å². The average molecular weight is 335 g/mol. The van der Waals surface area contributed by atoms with Gasteiger partial charge >= 0.3 is 12.1 Å². The van der Waals surface area contributed by atoms with E-state index in [2.05, 4.69) is 0 Å². The number of halogens is 1. The minimum atomic E-state index is -1.08. The molecule has 130 valence electrons. The third-order valence-corrected chi connectivity index (χ3v) is 3.77. The standard InChI is InChI=1S/C18H22FNO4/c1-11-9-12(19)5-6-13(11)14-7-8-20(10-15(14)16(21)22)17(23)24-18(2,3)4/h5-6,9H,7-8,10H2,1-4H3,(H,21,22). The summed E-state index contributed by atoms with van der Waals surface area (Å²) in [6.45, 7) is 7.35. The van der Waals surface area contributed by atoms with Gasteiger partial charge in [0.05, 0.1) is 12.1 Å². The van der Waals surface area contributed by atoms with Crippen LogP contribution >= 0.6 is 0 Å². The smallest absolute Gasteiger partial charge is 0.410 e. The molecule has 0 unspecified atom stereocenters. The summed E-state index contributed by atoms with van der Waals surface area (Å²) in [5, 5.41) is 9.54. The van der Waals surface area contributed by atoms with Crippen LogP contribution in [0.4, 0.5) is 9.18 Å². The molecule has 2 rings (SSSR count). The van der Waals surface area contributed by atoms with Gasteiger partial charge in [0, 0.05) is 6.54 Å². The second-order valence-electron chi connectivity index (χ2n) is 6.87. The van der Waals surface area contributed by atoms with E-state index in [-0.39, 0.29) is 17.9 Å². The highest BCUT2D eigenvalue weighted by atomic mass is 19.1. The van der Waals surface area contributed by atoms with Crippen molar-refractivity contribution in [1.29, 1.82) is 0 Å². The van der Waals surface area contributed by atoms with Crippen molar-refractivity contribution in [2.45, 2.75) is 39.7 Å². The van der Waals surface area contributed by atoms with Crippen LogP contribution in [0, 0.1) is 12.7 Å². The summed E-state index contributed by atoms with van der Waals surface area (Å²) in [6, 6.07) is 4.28. The van der Waals surface area contributed by atoms with Crippen molar-refractivity contribution in [2.75, 3.05) is 13.1 Å². The Balaban J connectivity index is 2.33. The number of hydrogen-bond acceptors (Lipinski definition) is 3.